The van der Waals surface area contributed by atoms with Gasteiger partial charge in [-0.25, -0.2) is 0 Å². The molecule has 0 spiro atoms. The van der Waals surface area contributed by atoms with Gasteiger partial charge < -0.3 is 5.32 Å². The molecule has 0 fully saturated rings. The third-order valence-electron chi connectivity index (χ3n) is 1.26. The van der Waals surface area contributed by atoms with Crippen LogP contribution in [0.25, 0.3) is 0 Å². The highest BCUT2D eigenvalue weighted by Gasteiger charge is 1.87. The van der Waals surface area contributed by atoms with Crippen molar-refractivity contribution in [2.24, 2.45) is 0 Å². The standard InChI is InChI=1S/C8H16NP/c1-3-5-8(4-2)9-6-7-10/h5,7,9-10H,3-4,6H2,1-2H3/b8-5+. The molecule has 0 bridgehead atoms. The summed E-state index contributed by atoms with van der Waals surface area (Å²) in [5.41, 5.74) is 1.33. The van der Waals surface area contributed by atoms with Gasteiger partial charge >= 0.3 is 0 Å². The normalized spacial score (nSPS) is 11.2. The molecule has 0 saturated heterocycles. The highest BCUT2D eigenvalue weighted by Crippen LogP contribution is 1.95. The van der Waals surface area contributed by atoms with E-state index < -0.39 is 0 Å². The van der Waals surface area contributed by atoms with E-state index >= 15 is 0 Å². The summed E-state index contributed by atoms with van der Waals surface area (Å²) in [5.74, 6) is 1.93. The van der Waals surface area contributed by atoms with E-state index in [-0.39, 0.29) is 0 Å². The molecule has 0 heterocycles. The fourth-order valence-electron chi connectivity index (χ4n) is 0.770. The molecule has 0 radical (unpaired) electrons. The Hall–Kier alpha value is -0.290. The van der Waals surface area contributed by atoms with Crippen LogP contribution in [0, 0.1) is 0 Å². The van der Waals surface area contributed by atoms with Gasteiger partial charge in [-0.05, 0) is 18.6 Å². The van der Waals surface area contributed by atoms with Crippen LogP contribution in [0.3, 0.4) is 0 Å². The summed E-state index contributed by atoms with van der Waals surface area (Å²) < 4.78 is 0. The van der Waals surface area contributed by atoms with Crippen molar-refractivity contribution in [2.45, 2.75) is 26.7 Å². The van der Waals surface area contributed by atoms with Crippen molar-refractivity contribution in [1.29, 1.82) is 0 Å². The second kappa shape index (κ2) is 6.82. The van der Waals surface area contributed by atoms with Crippen molar-refractivity contribution in [3.8, 4) is 0 Å². The Bertz CT molecular complexity index is 118. The molecule has 0 aromatic heterocycles. The van der Waals surface area contributed by atoms with E-state index in [1.165, 1.54) is 5.70 Å². The molecule has 0 amide bonds. The zero-order chi connectivity index (χ0) is 7.82. The number of nitrogens with one attached hydrogen (secondary N) is 1. The molecule has 0 aromatic carbocycles. The van der Waals surface area contributed by atoms with E-state index in [0.29, 0.717) is 0 Å². The SMILES string of the molecule is CC/C=C(\CC)NCC=P. The minimum atomic E-state index is 0.899. The first-order chi connectivity index (χ1) is 4.85. The molecule has 0 aliphatic heterocycles. The van der Waals surface area contributed by atoms with E-state index in [2.05, 4.69) is 34.1 Å². The van der Waals surface area contributed by atoms with E-state index in [4.69, 9.17) is 0 Å². The van der Waals surface area contributed by atoms with E-state index in [1.807, 2.05) is 5.80 Å². The van der Waals surface area contributed by atoms with Gasteiger partial charge in [0.15, 0.2) is 0 Å². The van der Waals surface area contributed by atoms with Gasteiger partial charge in [-0.2, -0.15) is 0 Å². The van der Waals surface area contributed by atoms with E-state index in [0.717, 1.165) is 19.4 Å². The number of allylic oxidation sites excluding steroid dienone is 2. The number of hydrogen-bond acceptors (Lipinski definition) is 1. The van der Waals surface area contributed by atoms with Crippen molar-refractivity contribution in [1.82, 2.24) is 5.32 Å². The Labute approximate surface area is 65.7 Å². The van der Waals surface area contributed by atoms with Crippen LogP contribution in [0.15, 0.2) is 11.8 Å². The minimum Gasteiger partial charge on any atom is -0.385 e. The van der Waals surface area contributed by atoms with Crippen LogP contribution >= 0.6 is 8.86 Å². The molecule has 0 unspecified atom stereocenters. The lowest BCUT2D eigenvalue weighted by atomic mass is 10.3. The average Bonchev–Trinajstić information content (AvgIpc) is 1.98. The van der Waals surface area contributed by atoms with Gasteiger partial charge in [0.1, 0.15) is 0 Å². The van der Waals surface area contributed by atoms with Crippen LogP contribution in [0.4, 0.5) is 0 Å². The van der Waals surface area contributed by atoms with Crippen molar-refractivity contribution in [2.75, 3.05) is 6.54 Å². The lowest BCUT2D eigenvalue weighted by molar-refractivity contribution is 0.856. The van der Waals surface area contributed by atoms with E-state index in [9.17, 15) is 0 Å². The first-order valence-corrected chi connectivity index (χ1v) is 4.34. The van der Waals surface area contributed by atoms with Crippen LogP contribution in [-0.2, 0) is 0 Å². The van der Waals surface area contributed by atoms with Crippen molar-refractivity contribution < 1.29 is 0 Å². The van der Waals surface area contributed by atoms with Gasteiger partial charge in [-0.15, -0.1) is 8.86 Å². The zero-order valence-corrected chi connectivity index (χ0v) is 7.78. The third kappa shape index (κ3) is 4.58. The van der Waals surface area contributed by atoms with Gasteiger partial charge in [0.25, 0.3) is 0 Å². The molecule has 1 N–H and O–H groups in total. The Morgan fingerprint density at radius 3 is 2.60 bits per heavy atom. The largest absolute Gasteiger partial charge is 0.385 e. The third-order valence-corrected chi connectivity index (χ3v) is 1.47. The quantitative estimate of drug-likeness (QED) is 0.603. The summed E-state index contributed by atoms with van der Waals surface area (Å²) in [7, 11) is 3.29. The molecule has 0 aliphatic carbocycles. The first-order valence-electron chi connectivity index (χ1n) is 3.77. The maximum atomic E-state index is 3.29. The summed E-state index contributed by atoms with van der Waals surface area (Å²) in [6, 6.07) is 0. The molecule has 0 saturated carbocycles. The maximum absolute atomic E-state index is 3.29. The highest BCUT2D eigenvalue weighted by molar-refractivity contribution is 7.18. The topological polar surface area (TPSA) is 12.0 Å². The monoisotopic (exact) mass is 157 g/mol. The number of hydrogen-bond donors (Lipinski definition) is 1. The van der Waals surface area contributed by atoms with Gasteiger partial charge in [-0.3, -0.25) is 0 Å². The van der Waals surface area contributed by atoms with Crippen LogP contribution in [0.5, 0.6) is 0 Å². The average molecular weight is 157 g/mol. The Kier molecular flexibility index (Phi) is 6.63. The zero-order valence-electron chi connectivity index (χ0n) is 6.78. The molecule has 1 nitrogen and oxygen atoms in total. The van der Waals surface area contributed by atoms with Gasteiger partial charge in [-0.1, -0.05) is 19.9 Å². The molecule has 58 valence electrons. The van der Waals surface area contributed by atoms with Crippen LogP contribution in [-0.4, -0.2) is 12.3 Å². The highest BCUT2D eigenvalue weighted by atomic mass is 31.0. The van der Waals surface area contributed by atoms with Crippen molar-refractivity contribution in [3.63, 3.8) is 0 Å². The second-order valence-electron chi connectivity index (χ2n) is 2.08. The summed E-state index contributed by atoms with van der Waals surface area (Å²) in [5, 5.41) is 3.28. The first kappa shape index (κ1) is 9.71. The summed E-state index contributed by atoms with van der Waals surface area (Å²) >= 11 is 0. The van der Waals surface area contributed by atoms with Gasteiger partial charge in [0.2, 0.25) is 0 Å². The van der Waals surface area contributed by atoms with Crippen LogP contribution in [0.1, 0.15) is 26.7 Å². The van der Waals surface area contributed by atoms with Crippen LogP contribution in [0.2, 0.25) is 0 Å². The molecule has 0 rings (SSSR count). The second-order valence-corrected chi connectivity index (χ2v) is 2.48. The smallest absolute Gasteiger partial charge is 0.0367 e. The predicted octanol–water partition coefficient (Wildman–Crippen LogP) is 2.22. The molecular formula is C8H16NP. The molecule has 10 heavy (non-hydrogen) atoms. The molecule has 0 aliphatic rings. The Morgan fingerprint density at radius 2 is 2.20 bits per heavy atom. The summed E-state index contributed by atoms with van der Waals surface area (Å²) in [4.78, 5) is 0. The summed E-state index contributed by atoms with van der Waals surface area (Å²) in [6.07, 6.45) is 4.42. The lowest BCUT2D eigenvalue weighted by Gasteiger charge is -2.04. The maximum Gasteiger partial charge on any atom is 0.0367 e. The fourth-order valence-corrected chi connectivity index (χ4v) is 0.872. The number of rotatable bonds is 5. The van der Waals surface area contributed by atoms with Gasteiger partial charge in [0, 0.05) is 12.2 Å². The van der Waals surface area contributed by atoms with Crippen LogP contribution < -0.4 is 5.32 Å². The predicted molar refractivity (Wildman–Crippen MR) is 51.0 cm³/mol. The summed E-state index contributed by atoms with van der Waals surface area (Å²) in [6.45, 7) is 5.20. The Morgan fingerprint density at radius 1 is 1.50 bits per heavy atom. The molecule has 0 atom stereocenters. The van der Waals surface area contributed by atoms with Crippen molar-refractivity contribution >= 4 is 14.7 Å². The minimum absolute atomic E-state index is 0.899. The fraction of sp³-hybridized carbons (Fsp3) is 0.625. The molecule has 2 heteroatoms. The van der Waals surface area contributed by atoms with E-state index in [1.54, 1.807) is 0 Å². The van der Waals surface area contributed by atoms with Gasteiger partial charge in [0.05, 0.1) is 0 Å². The van der Waals surface area contributed by atoms with Crippen molar-refractivity contribution in [3.05, 3.63) is 11.8 Å². The lowest BCUT2D eigenvalue weighted by Crippen LogP contribution is -2.14. The molecule has 0 aromatic rings. The molecular weight excluding hydrogens is 141 g/mol. The Balaban J connectivity index is 3.59.